The second-order valence-electron chi connectivity index (χ2n) is 8.19. The van der Waals surface area contributed by atoms with E-state index in [0.717, 1.165) is 41.9 Å². The number of rotatable bonds is 5. The van der Waals surface area contributed by atoms with Crippen molar-refractivity contribution in [2.75, 3.05) is 24.4 Å². The molecular formula is C22H19F4N3O3S2. The number of thiazole rings is 1. The maximum absolute atomic E-state index is 15.2. The van der Waals surface area contributed by atoms with E-state index in [1.54, 1.807) is 6.07 Å². The molecule has 2 N–H and O–H groups in total. The third-order valence-corrected chi connectivity index (χ3v) is 8.06. The predicted molar refractivity (Wildman–Crippen MR) is 119 cm³/mol. The summed E-state index contributed by atoms with van der Waals surface area (Å²) in [4.78, 5) is 4.23. The first-order chi connectivity index (χ1) is 16.1. The molecule has 0 bridgehead atoms. The molecule has 2 aromatic carbocycles. The van der Waals surface area contributed by atoms with Crippen LogP contribution in [-0.2, 0) is 28.3 Å². The van der Waals surface area contributed by atoms with Crippen LogP contribution < -0.4 is 14.8 Å². The number of anilines is 1. The molecule has 0 aliphatic carbocycles. The van der Waals surface area contributed by atoms with E-state index >= 15 is 4.39 Å². The highest BCUT2D eigenvalue weighted by Gasteiger charge is 2.43. The van der Waals surface area contributed by atoms with E-state index in [2.05, 4.69) is 15.0 Å². The Bertz CT molecular complexity index is 1350. The number of sulfonamides is 1. The molecule has 1 saturated heterocycles. The van der Waals surface area contributed by atoms with Gasteiger partial charge in [0, 0.05) is 35.7 Å². The van der Waals surface area contributed by atoms with E-state index < -0.39 is 27.4 Å². The molecule has 1 aromatic heterocycles. The molecule has 180 valence electrons. The zero-order chi connectivity index (χ0) is 24.1. The number of nitrogens with zero attached hydrogens (tertiary/aromatic N) is 1. The Hall–Kier alpha value is -2.70. The van der Waals surface area contributed by atoms with Crippen molar-refractivity contribution in [1.29, 1.82) is 0 Å². The SMILES string of the molecule is O=S(=O)(Nc1nc(-c2ccc(C(F)(F)F)cc2C2(F)CNC2)cs1)c1ccc2c(c1)OCCC2. The molecule has 0 atom stereocenters. The Morgan fingerprint density at radius 1 is 1.15 bits per heavy atom. The quantitative estimate of drug-likeness (QED) is 0.483. The van der Waals surface area contributed by atoms with Gasteiger partial charge in [0.15, 0.2) is 10.8 Å². The number of nitrogens with one attached hydrogen (secondary N) is 2. The smallest absolute Gasteiger partial charge is 0.416 e. The fourth-order valence-electron chi connectivity index (χ4n) is 3.96. The first-order valence-electron chi connectivity index (χ1n) is 10.4. The van der Waals surface area contributed by atoms with Gasteiger partial charge in [-0.2, -0.15) is 13.2 Å². The number of ether oxygens (including phenoxy) is 1. The Morgan fingerprint density at radius 2 is 1.94 bits per heavy atom. The zero-order valence-electron chi connectivity index (χ0n) is 17.6. The minimum atomic E-state index is -4.62. The Morgan fingerprint density at radius 3 is 2.65 bits per heavy atom. The number of hydrogen-bond acceptors (Lipinski definition) is 6. The van der Waals surface area contributed by atoms with E-state index in [0.29, 0.717) is 12.4 Å². The first kappa shape index (κ1) is 23.1. The fourth-order valence-corrected chi connectivity index (χ4v) is 5.93. The average Bonchev–Trinajstić information content (AvgIpc) is 3.23. The van der Waals surface area contributed by atoms with Crippen molar-refractivity contribution >= 4 is 26.5 Å². The van der Waals surface area contributed by atoms with Crippen LogP contribution in [0.3, 0.4) is 0 Å². The van der Waals surface area contributed by atoms with Crippen molar-refractivity contribution in [3.05, 3.63) is 58.5 Å². The number of aryl methyl sites for hydroxylation is 1. The topological polar surface area (TPSA) is 80.3 Å². The van der Waals surface area contributed by atoms with E-state index in [4.69, 9.17) is 4.74 Å². The lowest BCUT2D eigenvalue weighted by molar-refractivity contribution is -0.137. The summed E-state index contributed by atoms with van der Waals surface area (Å²) in [5.41, 5.74) is -1.76. The van der Waals surface area contributed by atoms with E-state index in [-0.39, 0.29) is 39.9 Å². The summed E-state index contributed by atoms with van der Waals surface area (Å²) >= 11 is 0.956. The summed E-state index contributed by atoms with van der Waals surface area (Å²) < 4.78 is 88.6. The molecule has 0 saturated carbocycles. The lowest BCUT2D eigenvalue weighted by Crippen LogP contribution is -2.54. The van der Waals surface area contributed by atoms with Crippen LogP contribution in [0.1, 0.15) is 23.1 Å². The van der Waals surface area contributed by atoms with E-state index in [1.807, 2.05) is 0 Å². The second-order valence-corrected chi connectivity index (χ2v) is 10.7. The molecule has 0 spiro atoms. The van der Waals surface area contributed by atoms with Gasteiger partial charge in [0.2, 0.25) is 0 Å². The fraction of sp³-hybridized carbons (Fsp3) is 0.318. The lowest BCUT2D eigenvalue weighted by Gasteiger charge is -2.36. The van der Waals surface area contributed by atoms with Crippen LogP contribution >= 0.6 is 11.3 Å². The number of benzene rings is 2. The molecule has 3 aromatic rings. The highest BCUT2D eigenvalue weighted by atomic mass is 32.2. The molecule has 2 aliphatic heterocycles. The van der Waals surface area contributed by atoms with E-state index in [9.17, 15) is 21.6 Å². The zero-order valence-corrected chi connectivity index (χ0v) is 19.2. The van der Waals surface area contributed by atoms with Crippen LogP contribution in [0.4, 0.5) is 22.7 Å². The average molecular weight is 514 g/mol. The lowest BCUT2D eigenvalue weighted by atomic mass is 9.84. The third-order valence-electron chi connectivity index (χ3n) is 5.84. The molecular weight excluding hydrogens is 494 g/mol. The van der Waals surface area contributed by atoms with Gasteiger partial charge >= 0.3 is 6.18 Å². The molecule has 1 fully saturated rings. The maximum Gasteiger partial charge on any atom is 0.416 e. The van der Waals surface area contributed by atoms with Gasteiger partial charge in [-0.1, -0.05) is 12.1 Å². The number of fused-ring (bicyclic) bond motifs is 1. The molecule has 5 rings (SSSR count). The van der Waals surface area contributed by atoms with Gasteiger partial charge in [0.25, 0.3) is 10.0 Å². The van der Waals surface area contributed by atoms with Gasteiger partial charge in [0.05, 0.1) is 22.8 Å². The summed E-state index contributed by atoms with van der Waals surface area (Å²) in [6.07, 6.45) is -2.95. The molecule has 0 unspecified atom stereocenters. The van der Waals surface area contributed by atoms with Crippen LogP contribution in [0.15, 0.2) is 46.7 Å². The summed E-state index contributed by atoms with van der Waals surface area (Å²) in [7, 11) is -3.99. The largest absolute Gasteiger partial charge is 0.493 e. The number of alkyl halides is 4. The first-order valence-corrected chi connectivity index (χ1v) is 12.8. The monoisotopic (exact) mass is 513 g/mol. The molecule has 3 heterocycles. The van der Waals surface area contributed by atoms with Crippen LogP contribution in [0, 0.1) is 0 Å². The molecule has 0 radical (unpaired) electrons. The summed E-state index contributed by atoms with van der Waals surface area (Å²) in [6, 6.07) is 7.48. The van der Waals surface area contributed by atoms with E-state index in [1.165, 1.54) is 23.6 Å². The van der Waals surface area contributed by atoms with Crippen molar-refractivity contribution < 1.29 is 30.7 Å². The van der Waals surface area contributed by atoms with Gasteiger partial charge in [0.1, 0.15) is 5.75 Å². The molecule has 6 nitrogen and oxygen atoms in total. The Balaban J connectivity index is 1.45. The molecule has 2 aliphatic rings. The predicted octanol–water partition coefficient (Wildman–Crippen LogP) is 4.72. The summed E-state index contributed by atoms with van der Waals surface area (Å²) in [6.45, 7) is 0.275. The van der Waals surface area contributed by atoms with Crippen molar-refractivity contribution in [3.8, 4) is 17.0 Å². The minimum absolute atomic E-state index is 0.00312. The molecule has 0 amide bonds. The highest BCUT2D eigenvalue weighted by Crippen LogP contribution is 2.42. The van der Waals surface area contributed by atoms with Crippen molar-refractivity contribution in [3.63, 3.8) is 0 Å². The van der Waals surface area contributed by atoms with Crippen molar-refractivity contribution in [2.45, 2.75) is 29.6 Å². The second kappa shape index (κ2) is 8.21. The van der Waals surface area contributed by atoms with Crippen LogP contribution in [0.25, 0.3) is 11.3 Å². The Labute approximate surface area is 197 Å². The highest BCUT2D eigenvalue weighted by molar-refractivity contribution is 7.93. The summed E-state index contributed by atoms with van der Waals surface area (Å²) in [5.74, 6) is 0.519. The van der Waals surface area contributed by atoms with Crippen LogP contribution in [0.5, 0.6) is 5.75 Å². The minimum Gasteiger partial charge on any atom is -0.493 e. The van der Waals surface area contributed by atoms with Crippen LogP contribution in [0.2, 0.25) is 0 Å². The number of halogens is 4. The summed E-state index contributed by atoms with van der Waals surface area (Å²) in [5, 5.41) is 4.23. The van der Waals surface area contributed by atoms with Gasteiger partial charge in [-0.05, 0) is 36.6 Å². The van der Waals surface area contributed by atoms with Crippen LogP contribution in [-0.4, -0.2) is 33.1 Å². The Kier molecular flexibility index (Phi) is 5.57. The normalized spacial score (nSPS) is 17.4. The van der Waals surface area contributed by atoms with Gasteiger partial charge in [-0.15, -0.1) is 11.3 Å². The third kappa shape index (κ3) is 4.25. The van der Waals surface area contributed by atoms with Crippen molar-refractivity contribution in [1.82, 2.24) is 10.3 Å². The number of aromatic nitrogens is 1. The van der Waals surface area contributed by atoms with Crippen molar-refractivity contribution in [2.24, 2.45) is 0 Å². The molecule has 34 heavy (non-hydrogen) atoms. The number of hydrogen-bond donors (Lipinski definition) is 2. The van der Waals surface area contributed by atoms with Gasteiger partial charge in [-0.25, -0.2) is 17.8 Å². The maximum atomic E-state index is 15.2. The standard InChI is InChI=1S/C22H19F4N3O3S2/c23-21(11-27-12-21)17-8-14(22(24,25)26)4-6-16(17)18-10-33-20(28-18)29-34(30,31)15-5-3-13-2-1-7-32-19(13)9-15/h3-6,8-10,27H,1-2,7,11-12H2,(H,28,29). The van der Waals surface area contributed by atoms with Gasteiger partial charge < -0.3 is 10.1 Å². The van der Waals surface area contributed by atoms with Gasteiger partial charge in [-0.3, -0.25) is 4.72 Å². The molecule has 12 heteroatoms.